The molecule has 0 aromatic rings. The van der Waals surface area contributed by atoms with Crippen LogP contribution in [0, 0.1) is 11.3 Å². The third kappa shape index (κ3) is 8.02. The van der Waals surface area contributed by atoms with E-state index >= 15 is 0 Å². The number of unbranched alkanes of at least 4 members (excludes halogenated alkanes) is 3. The predicted octanol–water partition coefficient (Wildman–Crippen LogP) is 2.97. The van der Waals surface area contributed by atoms with Gasteiger partial charge < -0.3 is 4.52 Å². The zero-order valence-electron chi connectivity index (χ0n) is 8.38. The molecular formula is C9H18NO2P. The fourth-order valence-electron chi connectivity index (χ4n) is 0.822. The van der Waals surface area contributed by atoms with Crippen molar-refractivity contribution in [2.75, 3.05) is 6.61 Å². The van der Waals surface area contributed by atoms with Gasteiger partial charge in [-0.2, -0.15) is 5.26 Å². The average molecular weight is 203 g/mol. The van der Waals surface area contributed by atoms with Crippen molar-refractivity contribution in [3.63, 3.8) is 0 Å². The Morgan fingerprint density at radius 1 is 1.38 bits per heavy atom. The summed E-state index contributed by atoms with van der Waals surface area (Å²) in [5.74, 6) is 0. The number of nitriles is 1. The molecular weight excluding hydrogens is 185 g/mol. The molecule has 0 spiro atoms. The lowest BCUT2D eigenvalue weighted by Gasteiger charge is -2.05. The minimum absolute atomic E-state index is 0.143. The number of nitrogens with zero attached hydrogens (tertiary/aromatic N) is 1. The standard InChI is InChI=1S/C9H18NO2P/c1-9(2)13(11)12-8-6-4-3-5-7-10/h9,13H,3-6,8H2,1-2H3. The molecule has 0 bridgehead atoms. The maximum absolute atomic E-state index is 11.1. The fourth-order valence-corrected chi connectivity index (χ4v) is 1.50. The van der Waals surface area contributed by atoms with Crippen molar-refractivity contribution >= 4 is 8.03 Å². The van der Waals surface area contributed by atoms with E-state index in [0.29, 0.717) is 13.0 Å². The second-order valence-corrected chi connectivity index (χ2v) is 5.37. The lowest BCUT2D eigenvalue weighted by Crippen LogP contribution is -1.93. The van der Waals surface area contributed by atoms with E-state index in [4.69, 9.17) is 9.79 Å². The normalized spacial score (nSPS) is 12.8. The van der Waals surface area contributed by atoms with Crippen LogP contribution in [0.5, 0.6) is 0 Å². The fraction of sp³-hybridized carbons (Fsp3) is 0.889. The van der Waals surface area contributed by atoms with Gasteiger partial charge in [0.25, 0.3) is 0 Å². The molecule has 0 saturated carbocycles. The maximum Gasteiger partial charge on any atom is 0.194 e. The quantitative estimate of drug-likeness (QED) is 0.472. The Morgan fingerprint density at radius 3 is 2.62 bits per heavy atom. The Morgan fingerprint density at radius 2 is 2.08 bits per heavy atom. The molecule has 3 nitrogen and oxygen atoms in total. The highest BCUT2D eigenvalue weighted by atomic mass is 31.1. The largest absolute Gasteiger partial charge is 0.330 e. The van der Waals surface area contributed by atoms with Gasteiger partial charge in [-0.15, -0.1) is 0 Å². The Bertz CT molecular complexity index is 187. The first-order chi connectivity index (χ1) is 6.18. The van der Waals surface area contributed by atoms with Crippen LogP contribution in [-0.4, -0.2) is 12.3 Å². The van der Waals surface area contributed by atoms with Gasteiger partial charge in [-0.1, -0.05) is 20.3 Å². The van der Waals surface area contributed by atoms with Gasteiger partial charge >= 0.3 is 0 Å². The number of hydrogen-bond acceptors (Lipinski definition) is 3. The van der Waals surface area contributed by atoms with E-state index in [1.807, 2.05) is 13.8 Å². The number of rotatable bonds is 7. The van der Waals surface area contributed by atoms with Crippen LogP contribution in [0.4, 0.5) is 0 Å². The third-order valence-corrected chi connectivity index (χ3v) is 3.08. The van der Waals surface area contributed by atoms with Crippen molar-refractivity contribution in [1.29, 1.82) is 5.26 Å². The Kier molecular flexibility index (Phi) is 8.08. The Balaban J connectivity index is 3.17. The highest BCUT2D eigenvalue weighted by Gasteiger charge is 2.03. The zero-order chi connectivity index (χ0) is 10.1. The van der Waals surface area contributed by atoms with Gasteiger partial charge in [0.05, 0.1) is 12.7 Å². The van der Waals surface area contributed by atoms with Crippen molar-refractivity contribution in [2.24, 2.45) is 0 Å². The Hall–Kier alpha value is -0.320. The summed E-state index contributed by atoms with van der Waals surface area (Å²) < 4.78 is 16.3. The van der Waals surface area contributed by atoms with Crippen LogP contribution in [0.25, 0.3) is 0 Å². The first-order valence-electron chi connectivity index (χ1n) is 4.72. The van der Waals surface area contributed by atoms with Crippen LogP contribution in [0.2, 0.25) is 0 Å². The SMILES string of the molecule is CC(C)[PH](=O)OCCCCCC#N. The molecule has 1 unspecified atom stereocenters. The van der Waals surface area contributed by atoms with E-state index < -0.39 is 8.03 Å². The van der Waals surface area contributed by atoms with Gasteiger partial charge in [-0.25, -0.2) is 0 Å². The van der Waals surface area contributed by atoms with Gasteiger partial charge in [0.1, 0.15) is 0 Å². The lowest BCUT2D eigenvalue weighted by atomic mass is 10.2. The summed E-state index contributed by atoms with van der Waals surface area (Å²) in [6.45, 7) is 4.37. The van der Waals surface area contributed by atoms with E-state index in [1.165, 1.54) is 0 Å². The van der Waals surface area contributed by atoms with Crippen molar-refractivity contribution in [1.82, 2.24) is 0 Å². The smallest absolute Gasteiger partial charge is 0.194 e. The minimum Gasteiger partial charge on any atom is -0.330 e. The van der Waals surface area contributed by atoms with Crippen molar-refractivity contribution in [3.05, 3.63) is 0 Å². The van der Waals surface area contributed by atoms with Gasteiger partial charge in [-0.05, 0) is 12.8 Å². The molecule has 0 saturated heterocycles. The summed E-state index contributed by atoms with van der Waals surface area (Å²) in [6, 6.07) is 2.09. The molecule has 0 N–H and O–H groups in total. The van der Waals surface area contributed by atoms with Crippen LogP contribution >= 0.6 is 8.03 Å². The van der Waals surface area contributed by atoms with Gasteiger partial charge in [-0.3, -0.25) is 4.57 Å². The molecule has 4 heteroatoms. The predicted molar refractivity (Wildman–Crippen MR) is 54.2 cm³/mol. The maximum atomic E-state index is 11.1. The van der Waals surface area contributed by atoms with Crippen LogP contribution < -0.4 is 0 Å². The third-order valence-electron chi connectivity index (χ3n) is 1.65. The first-order valence-corrected chi connectivity index (χ1v) is 6.11. The van der Waals surface area contributed by atoms with Gasteiger partial charge in [0, 0.05) is 12.1 Å². The Labute approximate surface area is 81.0 Å². The molecule has 0 radical (unpaired) electrons. The summed E-state index contributed by atoms with van der Waals surface area (Å²) in [7, 11) is -1.81. The minimum atomic E-state index is -1.81. The van der Waals surface area contributed by atoms with Crippen LogP contribution in [0.1, 0.15) is 39.5 Å². The lowest BCUT2D eigenvalue weighted by molar-refractivity contribution is 0.313. The molecule has 0 aliphatic heterocycles. The molecule has 76 valence electrons. The van der Waals surface area contributed by atoms with Crippen molar-refractivity contribution < 1.29 is 9.09 Å². The summed E-state index contributed by atoms with van der Waals surface area (Å²) in [4.78, 5) is 0. The molecule has 1 atom stereocenters. The van der Waals surface area contributed by atoms with Crippen LogP contribution in [0.3, 0.4) is 0 Å². The van der Waals surface area contributed by atoms with E-state index in [0.717, 1.165) is 19.3 Å². The second-order valence-electron chi connectivity index (χ2n) is 3.29. The van der Waals surface area contributed by atoms with Gasteiger partial charge in [0.2, 0.25) is 0 Å². The van der Waals surface area contributed by atoms with Crippen LogP contribution in [0.15, 0.2) is 0 Å². The number of hydrogen-bond donors (Lipinski definition) is 0. The summed E-state index contributed by atoms with van der Waals surface area (Å²) >= 11 is 0. The molecule has 0 aliphatic rings. The van der Waals surface area contributed by atoms with E-state index in [-0.39, 0.29) is 5.66 Å². The van der Waals surface area contributed by atoms with Crippen molar-refractivity contribution in [3.8, 4) is 6.07 Å². The molecule has 0 amide bonds. The highest BCUT2D eigenvalue weighted by Crippen LogP contribution is 2.28. The van der Waals surface area contributed by atoms with Gasteiger partial charge in [0.15, 0.2) is 8.03 Å². The molecule has 0 aliphatic carbocycles. The zero-order valence-corrected chi connectivity index (χ0v) is 9.38. The molecule has 0 aromatic heterocycles. The topological polar surface area (TPSA) is 50.1 Å². The molecule has 0 fully saturated rings. The van der Waals surface area contributed by atoms with E-state index in [1.54, 1.807) is 0 Å². The van der Waals surface area contributed by atoms with E-state index in [9.17, 15) is 4.57 Å². The van der Waals surface area contributed by atoms with E-state index in [2.05, 4.69) is 6.07 Å². The molecule has 13 heavy (non-hydrogen) atoms. The molecule has 0 heterocycles. The summed E-state index contributed by atoms with van der Waals surface area (Å²) in [5.41, 5.74) is 0.143. The first kappa shape index (κ1) is 12.7. The monoisotopic (exact) mass is 203 g/mol. The molecule has 0 aromatic carbocycles. The second kappa shape index (κ2) is 8.29. The highest BCUT2D eigenvalue weighted by molar-refractivity contribution is 7.39. The summed E-state index contributed by atoms with van der Waals surface area (Å²) in [5, 5.41) is 8.26. The van der Waals surface area contributed by atoms with Crippen molar-refractivity contribution in [2.45, 2.75) is 45.2 Å². The average Bonchev–Trinajstić information content (AvgIpc) is 2.10. The summed E-state index contributed by atoms with van der Waals surface area (Å²) in [6.07, 6.45) is 3.42. The van der Waals surface area contributed by atoms with Crippen LogP contribution in [-0.2, 0) is 9.09 Å². The molecule has 0 rings (SSSR count).